The van der Waals surface area contributed by atoms with Gasteiger partial charge >= 0.3 is 0 Å². The highest BCUT2D eigenvalue weighted by molar-refractivity contribution is 6.33. The van der Waals surface area contributed by atoms with E-state index in [1.54, 1.807) is 30.6 Å². The fourth-order valence-electron chi connectivity index (χ4n) is 1.76. The van der Waals surface area contributed by atoms with Crippen molar-refractivity contribution in [1.29, 1.82) is 0 Å². The van der Waals surface area contributed by atoms with Crippen LogP contribution < -0.4 is 11.1 Å². The number of rotatable bonds is 4. The van der Waals surface area contributed by atoms with Gasteiger partial charge in [-0.3, -0.25) is 9.78 Å². The van der Waals surface area contributed by atoms with E-state index in [0.717, 1.165) is 5.56 Å². The Bertz CT molecular complexity index is 586. The molecule has 0 aliphatic heterocycles. The Morgan fingerprint density at radius 3 is 2.63 bits per heavy atom. The molecule has 0 radical (unpaired) electrons. The van der Waals surface area contributed by atoms with Crippen LogP contribution in [0.2, 0.25) is 5.02 Å². The molecule has 0 saturated carbocycles. The highest BCUT2D eigenvalue weighted by Gasteiger charge is 2.10. The summed E-state index contributed by atoms with van der Waals surface area (Å²) in [6.45, 7) is 2.00. The molecule has 1 amide bonds. The third-order valence-corrected chi connectivity index (χ3v) is 3.16. The molecule has 1 aromatic heterocycles. The number of hydrogen-bond donors (Lipinski definition) is 2. The smallest absolute Gasteiger partial charge is 0.248 e. The molecular weight excluding hydrogens is 262 g/mol. The number of primary amides is 1. The second kappa shape index (κ2) is 5.71. The van der Waals surface area contributed by atoms with Gasteiger partial charge in [-0.15, -0.1) is 0 Å². The summed E-state index contributed by atoms with van der Waals surface area (Å²) in [6, 6.07) is 8.80. The van der Waals surface area contributed by atoms with Crippen molar-refractivity contribution >= 4 is 23.2 Å². The number of carbonyl (C=O) groups excluding carboxylic acids is 1. The van der Waals surface area contributed by atoms with Crippen LogP contribution in [0, 0.1) is 0 Å². The minimum Gasteiger partial charge on any atom is -0.377 e. The monoisotopic (exact) mass is 275 g/mol. The molecule has 2 aromatic rings. The van der Waals surface area contributed by atoms with Gasteiger partial charge in [-0.1, -0.05) is 11.6 Å². The average molecular weight is 276 g/mol. The zero-order chi connectivity index (χ0) is 13.8. The minimum atomic E-state index is -0.476. The molecule has 98 valence electrons. The number of nitrogens with two attached hydrogens (primary N) is 1. The first-order valence-electron chi connectivity index (χ1n) is 5.83. The van der Waals surface area contributed by atoms with Crippen LogP contribution in [0.5, 0.6) is 0 Å². The number of nitrogens with one attached hydrogen (secondary N) is 1. The first-order valence-corrected chi connectivity index (χ1v) is 6.21. The lowest BCUT2D eigenvalue weighted by molar-refractivity contribution is 0.100. The van der Waals surface area contributed by atoms with E-state index in [2.05, 4.69) is 10.3 Å². The third-order valence-electron chi connectivity index (χ3n) is 2.83. The molecule has 1 unspecified atom stereocenters. The Balaban J connectivity index is 2.23. The molecule has 5 heteroatoms. The lowest BCUT2D eigenvalue weighted by Crippen LogP contribution is -2.12. The van der Waals surface area contributed by atoms with Gasteiger partial charge in [0.25, 0.3) is 0 Å². The second-order valence-corrected chi connectivity index (χ2v) is 4.61. The van der Waals surface area contributed by atoms with E-state index < -0.39 is 5.91 Å². The van der Waals surface area contributed by atoms with E-state index in [4.69, 9.17) is 17.3 Å². The van der Waals surface area contributed by atoms with Gasteiger partial charge in [-0.05, 0) is 42.8 Å². The van der Waals surface area contributed by atoms with Gasteiger partial charge in [0, 0.05) is 24.0 Å². The summed E-state index contributed by atoms with van der Waals surface area (Å²) >= 11 is 6.11. The zero-order valence-corrected chi connectivity index (χ0v) is 11.2. The van der Waals surface area contributed by atoms with Crippen LogP contribution >= 0.6 is 11.6 Å². The predicted octanol–water partition coefficient (Wildman–Crippen LogP) is 3.01. The number of anilines is 1. The number of amides is 1. The molecule has 0 aliphatic rings. The van der Waals surface area contributed by atoms with E-state index in [0.29, 0.717) is 16.3 Å². The molecule has 2 rings (SSSR count). The number of aromatic nitrogens is 1. The van der Waals surface area contributed by atoms with Gasteiger partial charge in [0.2, 0.25) is 5.91 Å². The molecule has 0 fully saturated rings. The Labute approximate surface area is 116 Å². The average Bonchev–Trinajstić information content (AvgIpc) is 2.42. The molecule has 19 heavy (non-hydrogen) atoms. The van der Waals surface area contributed by atoms with Crippen molar-refractivity contribution in [3.8, 4) is 0 Å². The molecule has 0 bridgehead atoms. The van der Waals surface area contributed by atoms with Crippen molar-refractivity contribution in [2.24, 2.45) is 5.73 Å². The molecular formula is C14H14ClN3O. The first-order chi connectivity index (χ1) is 9.08. The topological polar surface area (TPSA) is 68.0 Å². The van der Waals surface area contributed by atoms with Crippen LogP contribution in [0.25, 0.3) is 0 Å². The van der Waals surface area contributed by atoms with Gasteiger partial charge in [0.1, 0.15) is 0 Å². The van der Waals surface area contributed by atoms with Gasteiger partial charge in [0.05, 0.1) is 10.7 Å². The predicted molar refractivity (Wildman–Crippen MR) is 76.2 cm³/mol. The molecule has 1 atom stereocenters. The molecule has 1 aromatic carbocycles. The highest BCUT2D eigenvalue weighted by Crippen LogP contribution is 2.27. The zero-order valence-electron chi connectivity index (χ0n) is 10.4. The number of carbonyl (C=O) groups is 1. The van der Waals surface area contributed by atoms with Crippen LogP contribution in [0.4, 0.5) is 5.69 Å². The summed E-state index contributed by atoms with van der Waals surface area (Å²) < 4.78 is 0. The van der Waals surface area contributed by atoms with E-state index in [1.807, 2.05) is 19.1 Å². The van der Waals surface area contributed by atoms with Crippen LogP contribution in [0.1, 0.15) is 28.9 Å². The van der Waals surface area contributed by atoms with Crippen LogP contribution in [-0.2, 0) is 0 Å². The van der Waals surface area contributed by atoms with Gasteiger partial charge in [-0.2, -0.15) is 0 Å². The summed E-state index contributed by atoms with van der Waals surface area (Å²) in [7, 11) is 0. The lowest BCUT2D eigenvalue weighted by Gasteiger charge is -2.17. The van der Waals surface area contributed by atoms with Crippen LogP contribution in [-0.4, -0.2) is 10.9 Å². The lowest BCUT2D eigenvalue weighted by atomic mass is 10.1. The molecule has 4 nitrogen and oxygen atoms in total. The number of benzene rings is 1. The van der Waals surface area contributed by atoms with Crippen molar-refractivity contribution in [2.75, 3.05) is 5.32 Å². The SMILES string of the molecule is CC(Nc1cc(C(N)=O)ccc1Cl)c1ccncc1. The highest BCUT2D eigenvalue weighted by atomic mass is 35.5. The fraction of sp³-hybridized carbons (Fsp3) is 0.143. The Morgan fingerprint density at radius 2 is 2.00 bits per heavy atom. The number of hydrogen-bond acceptors (Lipinski definition) is 3. The number of halogens is 1. The van der Waals surface area contributed by atoms with Crippen molar-refractivity contribution in [3.05, 3.63) is 58.9 Å². The molecule has 0 aliphatic carbocycles. The van der Waals surface area contributed by atoms with Crippen LogP contribution in [0.3, 0.4) is 0 Å². The normalized spacial score (nSPS) is 11.9. The van der Waals surface area contributed by atoms with E-state index in [1.165, 1.54) is 0 Å². The number of nitrogens with zero attached hydrogens (tertiary/aromatic N) is 1. The van der Waals surface area contributed by atoms with Gasteiger partial charge in [-0.25, -0.2) is 0 Å². The third kappa shape index (κ3) is 3.23. The second-order valence-electron chi connectivity index (χ2n) is 4.21. The first kappa shape index (κ1) is 13.4. The van der Waals surface area contributed by atoms with Crippen molar-refractivity contribution in [1.82, 2.24) is 4.98 Å². The Hall–Kier alpha value is -2.07. The van der Waals surface area contributed by atoms with Crippen molar-refractivity contribution < 1.29 is 4.79 Å². The Kier molecular flexibility index (Phi) is 4.02. The van der Waals surface area contributed by atoms with Gasteiger partial charge < -0.3 is 11.1 Å². The van der Waals surface area contributed by atoms with E-state index in [9.17, 15) is 4.79 Å². The largest absolute Gasteiger partial charge is 0.377 e. The van der Waals surface area contributed by atoms with Crippen molar-refractivity contribution in [3.63, 3.8) is 0 Å². The molecule has 0 saturated heterocycles. The maximum Gasteiger partial charge on any atom is 0.248 e. The fourth-order valence-corrected chi connectivity index (χ4v) is 1.93. The maximum absolute atomic E-state index is 11.2. The van der Waals surface area contributed by atoms with Gasteiger partial charge in [0.15, 0.2) is 0 Å². The summed E-state index contributed by atoms with van der Waals surface area (Å²) in [5.41, 5.74) is 7.44. The molecule has 0 spiro atoms. The summed E-state index contributed by atoms with van der Waals surface area (Å²) in [4.78, 5) is 15.1. The summed E-state index contributed by atoms with van der Waals surface area (Å²) in [5.74, 6) is -0.476. The van der Waals surface area contributed by atoms with Crippen LogP contribution in [0.15, 0.2) is 42.7 Å². The summed E-state index contributed by atoms with van der Waals surface area (Å²) in [5, 5.41) is 3.80. The summed E-state index contributed by atoms with van der Waals surface area (Å²) in [6.07, 6.45) is 3.46. The minimum absolute atomic E-state index is 0.0450. The molecule has 3 N–H and O–H groups in total. The van der Waals surface area contributed by atoms with E-state index in [-0.39, 0.29) is 6.04 Å². The van der Waals surface area contributed by atoms with Crippen molar-refractivity contribution in [2.45, 2.75) is 13.0 Å². The number of pyridine rings is 1. The van der Waals surface area contributed by atoms with E-state index >= 15 is 0 Å². The quantitative estimate of drug-likeness (QED) is 0.901. The molecule has 1 heterocycles. The Morgan fingerprint density at radius 1 is 1.32 bits per heavy atom. The maximum atomic E-state index is 11.2. The standard InChI is InChI=1S/C14H14ClN3O/c1-9(10-4-6-17-7-5-10)18-13-8-11(14(16)19)2-3-12(13)15/h2-9,18H,1H3,(H2,16,19).